The molecule has 7 nitrogen and oxygen atoms in total. The number of fused-ring (bicyclic) bond motifs is 1. The van der Waals surface area contributed by atoms with Crippen LogP contribution >= 0.6 is 11.8 Å². The fourth-order valence-electron chi connectivity index (χ4n) is 2.44. The van der Waals surface area contributed by atoms with Crippen molar-refractivity contribution < 1.29 is 14.1 Å². The number of H-pyrrole nitrogens is 1. The predicted octanol–water partition coefficient (Wildman–Crippen LogP) is 2.85. The Kier molecular flexibility index (Phi) is 5.60. The molecule has 1 aromatic carbocycles. The van der Waals surface area contributed by atoms with E-state index in [1.807, 2.05) is 30.5 Å². The molecule has 0 bridgehead atoms. The molecular formula is C17H20N4O3S. The number of hydrogen-bond acceptors (Lipinski definition) is 6. The molecule has 0 aliphatic heterocycles. The first-order valence-electron chi connectivity index (χ1n) is 7.95. The van der Waals surface area contributed by atoms with Gasteiger partial charge in [-0.25, -0.2) is 4.98 Å². The van der Waals surface area contributed by atoms with Crippen molar-refractivity contribution >= 4 is 28.7 Å². The number of carbonyl (C=O) groups is 1. The summed E-state index contributed by atoms with van der Waals surface area (Å²) in [5, 5.41) is 6.68. The lowest BCUT2D eigenvalue weighted by Gasteiger charge is -2.16. The number of nitrogens with one attached hydrogen (secondary N) is 2. The van der Waals surface area contributed by atoms with E-state index in [2.05, 4.69) is 20.4 Å². The highest BCUT2D eigenvalue weighted by atomic mass is 32.2. The summed E-state index contributed by atoms with van der Waals surface area (Å²) in [6.07, 6.45) is 2.81. The standard InChI is InChI=1S/C17H20N4O3S/c1-11-9-16(21-24-11)23-10-15(22)18-14(7-8-25-2)17-19-12-5-3-4-6-13(12)20-17/h3-6,9,14H,7-8,10H2,1-2H3,(H,18,22)(H,19,20)/t14-/m1/s1. The summed E-state index contributed by atoms with van der Waals surface area (Å²) in [6, 6.07) is 9.24. The average molecular weight is 360 g/mol. The lowest BCUT2D eigenvalue weighted by molar-refractivity contribution is -0.124. The van der Waals surface area contributed by atoms with Crippen molar-refractivity contribution in [2.45, 2.75) is 19.4 Å². The zero-order valence-corrected chi connectivity index (χ0v) is 14.9. The van der Waals surface area contributed by atoms with Crippen molar-refractivity contribution in [2.24, 2.45) is 0 Å². The molecule has 0 saturated carbocycles. The summed E-state index contributed by atoms with van der Waals surface area (Å²) in [5.41, 5.74) is 1.84. The largest absolute Gasteiger partial charge is 0.465 e. The minimum absolute atomic E-state index is 0.123. The van der Waals surface area contributed by atoms with Gasteiger partial charge in [0.25, 0.3) is 11.8 Å². The Labute approximate surface area is 149 Å². The van der Waals surface area contributed by atoms with E-state index in [1.165, 1.54) is 0 Å². The Balaban J connectivity index is 1.66. The molecule has 2 aromatic heterocycles. The number of aryl methyl sites for hydroxylation is 1. The topological polar surface area (TPSA) is 93.0 Å². The Bertz CT molecular complexity index is 812. The Morgan fingerprint density at radius 3 is 3.00 bits per heavy atom. The summed E-state index contributed by atoms with van der Waals surface area (Å²) in [6.45, 7) is 1.64. The third kappa shape index (κ3) is 4.54. The van der Waals surface area contributed by atoms with Gasteiger partial charge in [0.2, 0.25) is 0 Å². The Morgan fingerprint density at radius 1 is 1.44 bits per heavy atom. The number of thioether (sulfide) groups is 1. The van der Waals surface area contributed by atoms with Gasteiger partial charge >= 0.3 is 0 Å². The smallest absolute Gasteiger partial charge is 0.258 e. The number of ether oxygens (including phenoxy) is 1. The third-order valence-corrected chi connectivity index (χ3v) is 4.29. The summed E-state index contributed by atoms with van der Waals surface area (Å²) >= 11 is 1.72. The summed E-state index contributed by atoms with van der Waals surface area (Å²) < 4.78 is 10.2. The zero-order valence-electron chi connectivity index (χ0n) is 14.1. The number of aromatic amines is 1. The molecule has 1 amide bonds. The molecule has 132 valence electrons. The first-order valence-corrected chi connectivity index (χ1v) is 9.34. The number of amides is 1. The van der Waals surface area contributed by atoms with E-state index in [1.54, 1.807) is 24.8 Å². The number of nitrogens with zero attached hydrogens (tertiary/aromatic N) is 2. The predicted molar refractivity (Wildman–Crippen MR) is 96.7 cm³/mol. The molecule has 0 unspecified atom stereocenters. The highest BCUT2D eigenvalue weighted by Crippen LogP contribution is 2.20. The van der Waals surface area contributed by atoms with Crippen LogP contribution in [0.3, 0.4) is 0 Å². The highest BCUT2D eigenvalue weighted by Gasteiger charge is 2.18. The third-order valence-electron chi connectivity index (χ3n) is 3.64. The molecule has 3 rings (SSSR count). The number of rotatable bonds is 8. The van der Waals surface area contributed by atoms with E-state index in [9.17, 15) is 4.79 Å². The SMILES string of the molecule is CSCC[C@@H](NC(=O)COc1cc(C)on1)c1nc2ccccc2[nH]1. The van der Waals surface area contributed by atoms with E-state index in [0.717, 1.165) is 29.0 Å². The van der Waals surface area contributed by atoms with Crippen LogP contribution in [0.2, 0.25) is 0 Å². The van der Waals surface area contributed by atoms with Crippen LogP contribution in [-0.2, 0) is 4.79 Å². The van der Waals surface area contributed by atoms with E-state index in [-0.39, 0.29) is 18.6 Å². The number of aromatic nitrogens is 3. The molecular weight excluding hydrogens is 340 g/mol. The second-order valence-corrected chi connectivity index (χ2v) is 6.59. The summed E-state index contributed by atoms with van der Waals surface area (Å²) in [5.74, 6) is 2.37. The van der Waals surface area contributed by atoms with E-state index >= 15 is 0 Å². The van der Waals surface area contributed by atoms with Crippen LogP contribution in [0, 0.1) is 6.92 Å². The van der Waals surface area contributed by atoms with E-state index in [0.29, 0.717) is 11.6 Å². The van der Waals surface area contributed by atoms with E-state index < -0.39 is 0 Å². The van der Waals surface area contributed by atoms with Crippen LogP contribution in [0.1, 0.15) is 24.0 Å². The van der Waals surface area contributed by atoms with Gasteiger partial charge < -0.3 is 19.6 Å². The van der Waals surface area contributed by atoms with E-state index in [4.69, 9.17) is 9.26 Å². The molecule has 0 spiro atoms. The van der Waals surface area contributed by atoms with Gasteiger partial charge in [-0.15, -0.1) is 0 Å². The van der Waals surface area contributed by atoms with Gasteiger partial charge in [0, 0.05) is 6.07 Å². The molecule has 0 aliphatic rings. The maximum atomic E-state index is 12.2. The van der Waals surface area contributed by atoms with Gasteiger partial charge in [0.1, 0.15) is 11.6 Å². The summed E-state index contributed by atoms with van der Waals surface area (Å²) in [4.78, 5) is 20.1. The lowest BCUT2D eigenvalue weighted by atomic mass is 10.2. The maximum Gasteiger partial charge on any atom is 0.258 e. The van der Waals surface area contributed by atoms with Gasteiger partial charge in [-0.3, -0.25) is 4.79 Å². The fraction of sp³-hybridized carbons (Fsp3) is 0.353. The van der Waals surface area contributed by atoms with Crippen LogP contribution in [0.5, 0.6) is 5.88 Å². The normalized spacial score (nSPS) is 12.2. The number of benzene rings is 1. The zero-order chi connectivity index (χ0) is 17.6. The molecule has 0 aliphatic carbocycles. The van der Waals surface area contributed by atoms with Crippen LogP contribution in [0.4, 0.5) is 0 Å². The van der Waals surface area contributed by atoms with Gasteiger partial charge in [-0.05, 0) is 42.6 Å². The minimum Gasteiger partial charge on any atom is -0.465 e. The number of imidazole rings is 1. The monoisotopic (exact) mass is 360 g/mol. The highest BCUT2D eigenvalue weighted by molar-refractivity contribution is 7.98. The van der Waals surface area contributed by atoms with Gasteiger partial charge in [0.15, 0.2) is 6.61 Å². The average Bonchev–Trinajstić information content (AvgIpc) is 3.22. The van der Waals surface area contributed by atoms with Crippen molar-refractivity contribution in [2.75, 3.05) is 18.6 Å². The van der Waals surface area contributed by atoms with Crippen LogP contribution in [-0.4, -0.2) is 39.6 Å². The van der Waals surface area contributed by atoms with Crippen molar-refractivity contribution in [1.29, 1.82) is 0 Å². The van der Waals surface area contributed by atoms with Crippen molar-refractivity contribution in [3.8, 4) is 5.88 Å². The van der Waals surface area contributed by atoms with Gasteiger partial charge in [-0.2, -0.15) is 11.8 Å². The molecule has 2 heterocycles. The molecule has 1 atom stereocenters. The Morgan fingerprint density at radius 2 is 2.28 bits per heavy atom. The van der Waals surface area contributed by atoms with Crippen LogP contribution in [0.25, 0.3) is 11.0 Å². The van der Waals surface area contributed by atoms with Crippen molar-refractivity contribution in [3.05, 3.63) is 41.9 Å². The maximum absolute atomic E-state index is 12.2. The van der Waals surface area contributed by atoms with Crippen LogP contribution < -0.4 is 10.1 Å². The van der Waals surface area contributed by atoms with Crippen molar-refractivity contribution in [3.63, 3.8) is 0 Å². The molecule has 0 fully saturated rings. The molecule has 0 saturated heterocycles. The lowest BCUT2D eigenvalue weighted by Crippen LogP contribution is -2.33. The van der Waals surface area contributed by atoms with Crippen LogP contribution in [0.15, 0.2) is 34.9 Å². The second kappa shape index (κ2) is 8.06. The molecule has 3 aromatic rings. The molecule has 25 heavy (non-hydrogen) atoms. The minimum atomic E-state index is -0.229. The second-order valence-electron chi connectivity index (χ2n) is 5.61. The number of para-hydroxylation sites is 2. The first-order chi connectivity index (χ1) is 12.2. The van der Waals surface area contributed by atoms with Crippen molar-refractivity contribution in [1.82, 2.24) is 20.4 Å². The number of carbonyl (C=O) groups excluding carboxylic acids is 1. The molecule has 8 heteroatoms. The Hall–Kier alpha value is -2.48. The van der Waals surface area contributed by atoms with Gasteiger partial charge in [0.05, 0.1) is 17.1 Å². The summed E-state index contributed by atoms with van der Waals surface area (Å²) in [7, 11) is 0. The quantitative estimate of drug-likeness (QED) is 0.642. The first kappa shape index (κ1) is 17.3. The molecule has 0 radical (unpaired) electrons. The fourth-order valence-corrected chi connectivity index (χ4v) is 2.91. The molecule has 2 N–H and O–H groups in total. The number of hydrogen-bond donors (Lipinski definition) is 2. The van der Waals surface area contributed by atoms with Gasteiger partial charge in [-0.1, -0.05) is 12.1 Å².